The Hall–Kier alpha value is -2.88. The highest BCUT2D eigenvalue weighted by Gasteiger charge is 2.37. The molecule has 3 unspecified atom stereocenters. The van der Waals surface area contributed by atoms with Crippen LogP contribution in [-0.4, -0.2) is 17.9 Å². The maximum Gasteiger partial charge on any atom is 0.308 e. The summed E-state index contributed by atoms with van der Waals surface area (Å²) >= 11 is 0. The number of carbonyl (C=O) groups is 2. The quantitative estimate of drug-likeness (QED) is 0.352. The van der Waals surface area contributed by atoms with Gasteiger partial charge in [-0.05, 0) is 67.3 Å². The Morgan fingerprint density at radius 1 is 0.846 bits per heavy atom. The number of allylic oxidation sites excluding steroid dienone is 1. The van der Waals surface area contributed by atoms with Gasteiger partial charge in [0.1, 0.15) is 17.6 Å². The SMILES string of the molecule is CC(=O)Oc1ccc(C(=O)c2ccc(OC3CC4C=CC3C4)cc2)cc1. The summed E-state index contributed by atoms with van der Waals surface area (Å²) in [5, 5.41) is 0. The van der Waals surface area contributed by atoms with E-state index in [0.717, 1.165) is 12.2 Å². The summed E-state index contributed by atoms with van der Waals surface area (Å²) in [6.07, 6.45) is 7.08. The van der Waals surface area contributed by atoms with Gasteiger partial charge in [0.05, 0.1) is 0 Å². The second-order valence-corrected chi connectivity index (χ2v) is 6.91. The van der Waals surface area contributed by atoms with Crippen LogP contribution < -0.4 is 9.47 Å². The van der Waals surface area contributed by atoms with E-state index in [1.165, 1.54) is 13.3 Å². The smallest absolute Gasteiger partial charge is 0.308 e. The van der Waals surface area contributed by atoms with E-state index in [0.29, 0.717) is 28.7 Å². The molecule has 26 heavy (non-hydrogen) atoms. The average molecular weight is 348 g/mol. The summed E-state index contributed by atoms with van der Waals surface area (Å²) < 4.78 is 11.1. The van der Waals surface area contributed by atoms with Crippen molar-refractivity contribution in [3.63, 3.8) is 0 Å². The fraction of sp³-hybridized carbons (Fsp3) is 0.273. The molecule has 0 aliphatic heterocycles. The first kappa shape index (κ1) is 16.6. The normalized spacial score (nSPS) is 23.0. The van der Waals surface area contributed by atoms with Crippen molar-refractivity contribution in [3.8, 4) is 11.5 Å². The molecule has 2 aromatic carbocycles. The molecule has 1 fully saturated rings. The van der Waals surface area contributed by atoms with Crippen molar-refractivity contribution in [1.29, 1.82) is 0 Å². The summed E-state index contributed by atoms with van der Waals surface area (Å²) in [6, 6.07) is 13.9. The average Bonchev–Trinajstić information content (AvgIpc) is 3.25. The van der Waals surface area contributed by atoms with Crippen LogP contribution in [0.5, 0.6) is 11.5 Å². The maximum absolute atomic E-state index is 12.6. The lowest BCUT2D eigenvalue weighted by Crippen LogP contribution is -2.21. The predicted octanol–water partition coefficient (Wildman–Crippen LogP) is 4.19. The van der Waals surface area contributed by atoms with Gasteiger partial charge in [-0.1, -0.05) is 12.2 Å². The standard InChI is InChI=1S/C22H20O4/c1-14(23)25-19-8-4-16(5-9-19)22(24)17-6-10-20(11-7-17)26-21-13-15-2-3-18(21)12-15/h2-11,15,18,21H,12-13H2,1H3. The summed E-state index contributed by atoms with van der Waals surface area (Å²) in [7, 11) is 0. The van der Waals surface area contributed by atoms with E-state index in [1.54, 1.807) is 36.4 Å². The highest BCUT2D eigenvalue weighted by Crippen LogP contribution is 2.41. The number of carbonyl (C=O) groups excluding carboxylic acids is 2. The van der Waals surface area contributed by atoms with Crippen molar-refractivity contribution in [2.45, 2.75) is 25.9 Å². The van der Waals surface area contributed by atoms with Crippen LogP contribution in [0.4, 0.5) is 0 Å². The van der Waals surface area contributed by atoms with E-state index in [9.17, 15) is 9.59 Å². The molecule has 4 heteroatoms. The molecule has 0 spiro atoms. The van der Waals surface area contributed by atoms with Gasteiger partial charge in [-0.2, -0.15) is 0 Å². The number of hydrogen-bond donors (Lipinski definition) is 0. The van der Waals surface area contributed by atoms with Crippen LogP contribution >= 0.6 is 0 Å². The fourth-order valence-electron chi connectivity index (χ4n) is 3.73. The van der Waals surface area contributed by atoms with Crippen molar-refractivity contribution >= 4 is 11.8 Å². The minimum atomic E-state index is -0.384. The number of esters is 1. The second-order valence-electron chi connectivity index (χ2n) is 6.91. The van der Waals surface area contributed by atoms with Crippen molar-refractivity contribution in [1.82, 2.24) is 0 Å². The molecule has 2 bridgehead atoms. The molecule has 0 heterocycles. The van der Waals surface area contributed by atoms with Crippen molar-refractivity contribution < 1.29 is 19.1 Å². The molecule has 0 amide bonds. The van der Waals surface area contributed by atoms with Gasteiger partial charge in [-0.3, -0.25) is 9.59 Å². The molecule has 1 saturated carbocycles. The molecule has 0 saturated heterocycles. The molecule has 4 rings (SSSR count). The zero-order chi connectivity index (χ0) is 18.1. The molecule has 0 radical (unpaired) electrons. The van der Waals surface area contributed by atoms with Crippen molar-refractivity contribution in [2.75, 3.05) is 0 Å². The van der Waals surface area contributed by atoms with E-state index < -0.39 is 0 Å². The number of ether oxygens (including phenoxy) is 2. The van der Waals surface area contributed by atoms with Gasteiger partial charge in [0, 0.05) is 24.0 Å². The van der Waals surface area contributed by atoms with Gasteiger partial charge < -0.3 is 9.47 Å². The first-order chi connectivity index (χ1) is 12.6. The Labute approximate surface area is 152 Å². The maximum atomic E-state index is 12.6. The van der Waals surface area contributed by atoms with Crippen LogP contribution in [0.3, 0.4) is 0 Å². The largest absolute Gasteiger partial charge is 0.490 e. The monoisotopic (exact) mass is 348 g/mol. The van der Waals surface area contributed by atoms with E-state index in [1.807, 2.05) is 12.1 Å². The fourth-order valence-corrected chi connectivity index (χ4v) is 3.73. The Balaban J connectivity index is 1.42. The predicted molar refractivity (Wildman–Crippen MR) is 97.4 cm³/mol. The van der Waals surface area contributed by atoms with E-state index in [4.69, 9.17) is 9.47 Å². The molecule has 4 nitrogen and oxygen atoms in total. The van der Waals surface area contributed by atoms with Gasteiger partial charge in [0.15, 0.2) is 5.78 Å². The molecule has 2 aromatic rings. The molecule has 0 N–H and O–H groups in total. The lowest BCUT2D eigenvalue weighted by Gasteiger charge is -2.20. The Bertz CT molecular complexity index is 849. The Morgan fingerprint density at radius 3 is 1.96 bits per heavy atom. The number of ketones is 1. The zero-order valence-electron chi connectivity index (χ0n) is 14.6. The van der Waals surface area contributed by atoms with Crippen LogP contribution in [0, 0.1) is 11.8 Å². The summed E-state index contributed by atoms with van der Waals surface area (Å²) in [5.41, 5.74) is 1.15. The lowest BCUT2D eigenvalue weighted by atomic mass is 10.0. The lowest BCUT2D eigenvalue weighted by molar-refractivity contribution is -0.131. The third-order valence-corrected chi connectivity index (χ3v) is 5.00. The summed E-state index contributed by atoms with van der Waals surface area (Å²) in [6.45, 7) is 1.34. The van der Waals surface area contributed by atoms with Crippen LogP contribution in [0.15, 0.2) is 60.7 Å². The number of hydrogen-bond acceptors (Lipinski definition) is 4. The Kier molecular flexibility index (Phi) is 4.33. The van der Waals surface area contributed by atoms with Gasteiger partial charge in [-0.25, -0.2) is 0 Å². The molecule has 2 aliphatic carbocycles. The highest BCUT2D eigenvalue weighted by atomic mass is 16.5. The van der Waals surface area contributed by atoms with E-state index >= 15 is 0 Å². The number of benzene rings is 2. The Morgan fingerprint density at radius 2 is 1.46 bits per heavy atom. The molecule has 0 aromatic heterocycles. The van der Waals surface area contributed by atoms with Crippen LogP contribution in [0.2, 0.25) is 0 Å². The third kappa shape index (κ3) is 3.40. The number of fused-ring (bicyclic) bond motifs is 2. The summed E-state index contributed by atoms with van der Waals surface area (Å²) in [4.78, 5) is 23.5. The van der Waals surface area contributed by atoms with Crippen LogP contribution in [0.25, 0.3) is 0 Å². The van der Waals surface area contributed by atoms with Crippen molar-refractivity contribution in [3.05, 3.63) is 71.8 Å². The first-order valence-corrected chi connectivity index (χ1v) is 8.87. The minimum Gasteiger partial charge on any atom is -0.490 e. The first-order valence-electron chi connectivity index (χ1n) is 8.87. The minimum absolute atomic E-state index is 0.0752. The zero-order valence-corrected chi connectivity index (χ0v) is 14.6. The number of rotatable bonds is 5. The molecule has 2 aliphatic rings. The summed E-state index contributed by atoms with van der Waals surface area (Å²) in [5.74, 6) is 1.97. The van der Waals surface area contributed by atoms with Gasteiger partial charge in [-0.15, -0.1) is 0 Å². The van der Waals surface area contributed by atoms with Crippen molar-refractivity contribution in [2.24, 2.45) is 11.8 Å². The van der Waals surface area contributed by atoms with Crippen LogP contribution in [-0.2, 0) is 4.79 Å². The third-order valence-electron chi connectivity index (χ3n) is 5.00. The van der Waals surface area contributed by atoms with E-state index in [-0.39, 0.29) is 17.9 Å². The van der Waals surface area contributed by atoms with Gasteiger partial charge in [0.2, 0.25) is 0 Å². The van der Waals surface area contributed by atoms with Crippen LogP contribution in [0.1, 0.15) is 35.7 Å². The molecular formula is C22H20O4. The van der Waals surface area contributed by atoms with Gasteiger partial charge in [0.25, 0.3) is 0 Å². The molecule has 132 valence electrons. The second kappa shape index (κ2) is 6.79. The molecular weight excluding hydrogens is 328 g/mol. The van der Waals surface area contributed by atoms with E-state index in [2.05, 4.69) is 12.2 Å². The topological polar surface area (TPSA) is 52.6 Å². The molecule has 3 atom stereocenters. The van der Waals surface area contributed by atoms with Gasteiger partial charge >= 0.3 is 5.97 Å². The highest BCUT2D eigenvalue weighted by molar-refractivity contribution is 6.09.